The first-order valence-corrected chi connectivity index (χ1v) is 30.2. The lowest BCUT2D eigenvalue weighted by molar-refractivity contribution is -0.166. The Kier molecular flexibility index (Phi) is 57.4. The summed E-state index contributed by atoms with van der Waals surface area (Å²) in [4.78, 5) is 38.2. The highest BCUT2D eigenvalue weighted by atomic mass is 16.6. The zero-order chi connectivity index (χ0) is 53.6. The van der Waals surface area contributed by atoms with Crippen molar-refractivity contribution in [2.45, 2.75) is 264 Å². The van der Waals surface area contributed by atoms with Crippen LogP contribution in [0, 0.1) is 0 Å². The van der Waals surface area contributed by atoms with E-state index in [0.717, 1.165) is 122 Å². The van der Waals surface area contributed by atoms with Crippen LogP contribution in [0.1, 0.15) is 258 Å². The van der Waals surface area contributed by atoms with Crippen LogP contribution >= 0.6 is 0 Å². The average Bonchev–Trinajstić information content (AvgIpc) is 3.40. The van der Waals surface area contributed by atoms with Crippen molar-refractivity contribution in [3.05, 3.63) is 134 Å². The molecule has 0 N–H and O–H groups in total. The number of carbonyl (C=O) groups excluding carboxylic acids is 3. The summed E-state index contributed by atoms with van der Waals surface area (Å²) >= 11 is 0. The molecule has 0 aromatic heterocycles. The summed E-state index contributed by atoms with van der Waals surface area (Å²) in [7, 11) is 0. The molecule has 6 nitrogen and oxygen atoms in total. The van der Waals surface area contributed by atoms with Crippen molar-refractivity contribution in [2.24, 2.45) is 0 Å². The topological polar surface area (TPSA) is 78.9 Å². The molecule has 0 aromatic rings. The van der Waals surface area contributed by atoms with E-state index in [1.165, 1.54) is 89.9 Å². The lowest BCUT2D eigenvalue weighted by Crippen LogP contribution is -2.30. The zero-order valence-electron chi connectivity index (χ0n) is 47.8. The summed E-state index contributed by atoms with van der Waals surface area (Å²) in [5.41, 5.74) is 0. The Morgan fingerprint density at radius 1 is 0.284 bits per heavy atom. The molecule has 0 heterocycles. The number of esters is 3. The van der Waals surface area contributed by atoms with Gasteiger partial charge in [-0.3, -0.25) is 14.4 Å². The molecule has 1 atom stereocenters. The molecule has 6 heteroatoms. The van der Waals surface area contributed by atoms with E-state index in [9.17, 15) is 14.4 Å². The molecule has 0 aliphatic rings. The van der Waals surface area contributed by atoms with E-state index in [2.05, 4.69) is 142 Å². The van der Waals surface area contributed by atoms with Crippen molar-refractivity contribution < 1.29 is 28.6 Å². The third-order valence-electron chi connectivity index (χ3n) is 12.4. The number of ether oxygens (including phenoxy) is 3. The van der Waals surface area contributed by atoms with Gasteiger partial charge in [0.15, 0.2) is 6.10 Å². The van der Waals surface area contributed by atoms with E-state index in [4.69, 9.17) is 14.2 Å². The number of allylic oxidation sites excluding steroid dienone is 22. The molecule has 0 bridgehead atoms. The van der Waals surface area contributed by atoms with Gasteiger partial charge < -0.3 is 14.2 Å². The van der Waals surface area contributed by atoms with Crippen molar-refractivity contribution in [2.75, 3.05) is 13.2 Å². The summed E-state index contributed by atoms with van der Waals surface area (Å²) in [5, 5.41) is 0. The van der Waals surface area contributed by atoms with Gasteiger partial charge in [0.2, 0.25) is 0 Å². The highest BCUT2D eigenvalue weighted by Crippen LogP contribution is 2.15. The molecule has 0 fully saturated rings. The van der Waals surface area contributed by atoms with Gasteiger partial charge in [-0.2, -0.15) is 0 Å². The number of hydrogen-bond donors (Lipinski definition) is 0. The molecule has 0 aliphatic carbocycles. The van der Waals surface area contributed by atoms with Gasteiger partial charge in [0.1, 0.15) is 13.2 Å². The summed E-state index contributed by atoms with van der Waals surface area (Å²) in [6, 6.07) is 0. The molecular formula is C68H110O6. The SMILES string of the molecule is CC/C=C\C/C=C\C/C=C\C/C=C\C/C=C\CCCCCCCCCCCCCC(=O)OCC(COC(=O)CC/C=C\C/C=C\C/C=C\C/C=C\CC)OC(=O)CCCCCCC/C=C\C/C=C\CCCCCC. The minimum Gasteiger partial charge on any atom is -0.462 e. The van der Waals surface area contributed by atoms with Crippen LogP contribution in [0.3, 0.4) is 0 Å². The maximum absolute atomic E-state index is 12.9. The second-order valence-corrected chi connectivity index (χ2v) is 19.5. The third kappa shape index (κ3) is 58.4. The van der Waals surface area contributed by atoms with E-state index < -0.39 is 6.10 Å². The molecule has 0 amide bonds. The summed E-state index contributed by atoms with van der Waals surface area (Å²) < 4.78 is 16.8. The van der Waals surface area contributed by atoms with Gasteiger partial charge in [0.05, 0.1) is 0 Å². The maximum Gasteiger partial charge on any atom is 0.306 e. The lowest BCUT2D eigenvalue weighted by atomic mass is 10.0. The smallest absolute Gasteiger partial charge is 0.306 e. The molecule has 0 radical (unpaired) electrons. The molecule has 0 rings (SSSR count). The van der Waals surface area contributed by atoms with E-state index in [0.29, 0.717) is 19.3 Å². The van der Waals surface area contributed by atoms with Crippen LogP contribution in [0.2, 0.25) is 0 Å². The molecule has 0 aromatic carbocycles. The van der Waals surface area contributed by atoms with E-state index in [-0.39, 0.29) is 37.5 Å². The number of hydrogen-bond acceptors (Lipinski definition) is 6. The van der Waals surface area contributed by atoms with Gasteiger partial charge in [-0.1, -0.05) is 251 Å². The summed E-state index contributed by atoms with van der Waals surface area (Å²) in [6.07, 6.45) is 86.1. The Labute approximate surface area is 455 Å². The van der Waals surface area contributed by atoms with Crippen molar-refractivity contribution in [1.82, 2.24) is 0 Å². The molecule has 418 valence electrons. The van der Waals surface area contributed by atoms with E-state index in [1.807, 2.05) is 12.2 Å². The van der Waals surface area contributed by atoms with Crippen LogP contribution in [0.4, 0.5) is 0 Å². The Hall–Kier alpha value is -4.45. The van der Waals surface area contributed by atoms with Crippen LogP contribution in [0.5, 0.6) is 0 Å². The minimum absolute atomic E-state index is 0.111. The number of unbranched alkanes of at least 4 members (excludes halogenated alkanes) is 20. The maximum atomic E-state index is 12.9. The zero-order valence-corrected chi connectivity index (χ0v) is 47.8. The Morgan fingerprint density at radius 3 is 0.905 bits per heavy atom. The van der Waals surface area contributed by atoms with Crippen molar-refractivity contribution in [1.29, 1.82) is 0 Å². The van der Waals surface area contributed by atoms with Crippen LogP contribution in [-0.4, -0.2) is 37.2 Å². The second-order valence-electron chi connectivity index (χ2n) is 19.5. The predicted molar refractivity (Wildman–Crippen MR) is 320 cm³/mol. The first kappa shape index (κ1) is 69.5. The monoisotopic (exact) mass is 1020 g/mol. The molecule has 0 aliphatic heterocycles. The Morgan fingerprint density at radius 2 is 0.554 bits per heavy atom. The fourth-order valence-electron chi connectivity index (χ4n) is 7.92. The Balaban J connectivity index is 4.37. The molecular weight excluding hydrogens is 913 g/mol. The van der Waals surface area contributed by atoms with Gasteiger partial charge in [0, 0.05) is 19.3 Å². The van der Waals surface area contributed by atoms with Crippen LogP contribution < -0.4 is 0 Å². The number of rotatable bonds is 53. The summed E-state index contributed by atoms with van der Waals surface area (Å²) in [6.45, 7) is 6.31. The average molecular weight is 1020 g/mol. The minimum atomic E-state index is -0.820. The van der Waals surface area contributed by atoms with Gasteiger partial charge in [-0.05, 0) is 122 Å². The molecule has 0 spiro atoms. The molecule has 74 heavy (non-hydrogen) atoms. The standard InChI is InChI=1S/C68H110O6/c1-4-7-10-13-16-19-22-25-27-29-30-31-32-33-34-35-36-37-38-39-41-43-46-49-52-55-58-61-67(70)73-64-65(63-72-66(69)60-57-54-51-48-45-42-24-21-18-15-12-9-6-3)74-68(71)62-59-56-53-50-47-44-40-28-26-23-20-17-14-11-8-5-2/h7,9-10,12,16,18-21,23,25,27-28,30-31,33-34,40,42,45,51,54,65H,4-6,8,11,13-15,17,22,24,26,29,32,35-39,41,43-44,46-50,52-53,55-64H2,1-3H3/b10-7-,12-9-,19-16-,21-18-,23-20-,27-25-,31-30-,34-33-,40-28-,45-42-,54-51-. The van der Waals surface area contributed by atoms with Gasteiger partial charge in [0.25, 0.3) is 0 Å². The van der Waals surface area contributed by atoms with Crippen LogP contribution in [0.15, 0.2) is 134 Å². The number of carbonyl (C=O) groups is 3. The van der Waals surface area contributed by atoms with Crippen LogP contribution in [-0.2, 0) is 28.6 Å². The molecule has 0 saturated carbocycles. The van der Waals surface area contributed by atoms with Crippen molar-refractivity contribution in [3.8, 4) is 0 Å². The van der Waals surface area contributed by atoms with Crippen molar-refractivity contribution >= 4 is 17.9 Å². The molecule has 1 unspecified atom stereocenters. The highest BCUT2D eigenvalue weighted by Gasteiger charge is 2.19. The quantitative estimate of drug-likeness (QED) is 0.0261. The van der Waals surface area contributed by atoms with Crippen LogP contribution in [0.25, 0.3) is 0 Å². The van der Waals surface area contributed by atoms with Gasteiger partial charge in [-0.25, -0.2) is 0 Å². The second kappa shape index (κ2) is 61.1. The largest absolute Gasteiger partial charge is 0.462 e. The first-order valence-electron chi connectivity index (χ1n) is 30.2. The fraction of sp³-hybridized carbons (Fsp3) is 0.632. The predicted octanol–water partition coefficient (Wildman–Crippen LogP) is 20.6. The van der Waals surface area contributed by atoms with Crippen molar-refractivity contribution in [3.63, 3.8) is 0 Å². The third-order valence-corrected chi connectivity index (χ3v) is 12.4. The normalized spacial score (nSPS) is 13.1. The van der Waals surface area contributed by atoms with E-state index >= 15 is 0 Å². The van der Waals surface area contributed by atoms with Gasteiger partial charge >= 0.3 is 17.9 Å². The van der Waals surface area contributed by atoms with E-state index in [1.54, 1.807) is 0 Å². The Bertz CT molecular complexity index is 1600. The van der Waals surface area contributed by atoms with Gasteiger partial charge in [-0.15, -0.1) is 0 Å². The first-order chi connectivity index (χ1) is 36.5. The lowest BCUT2D eigenvalue weighted by Gasteiger charge is -2.18. The summed E-state index contributed by atoms with van der Waals surface area (Å²) in [5.74, 6) is -1.01. The molecule has 0 saturated heterocycles. The highest BCUT2D eigenvalue weighted by molar-refractivity contribution is 5.71. The fourth-order valence-corrected chi connectivity index (χ4v) is 7.92.